The summed E-state index contributed by atoms with van der Waals surface area (Å²) in [5.41, 5.74) is 2.36. The largest absolute Gasteiger partial charge is 0.481 e. The Balaban J connectivity index is 2.33. The fourth-order valence-corrected chi connectivity index (χ4v) is 1.49. The summed E-state index contributed by atoms with van der Waals surface area (Å²) in [6.07, 6.45) is 2.90. The second-order valence-electron chi connectivity index (χ2n) is 3.55. The van der Waals surface area contributed by atoms with Gasteiger partial charge in [-0.3, -0.25) is 4.79 Å². The van der Waals surface area contributed by atoms with Gasteiger partial charge in [0, 0.05) is 19.2 Å². The molecule has 1 aromatic rings. The highest BCUT2D eigenvalue weighted by molar-refractivity contribution is 5.66. The molecule has 0 amide bonds. The molecule has 0 aromatic heterocycles. The highest BCUT2D eigenvalue weighted by Crippen LogP contribution is 2.12. The summed E-state index contributed by atoms with van der Waals surface area (Å²) in [5.74, 6) is -0.709. The maximum Gasteiger partial charge on any atom is 0.303 e. The third-order valence-corrected chi connectivity index (χ3v) is 2.32. The molecular formula is C12H17NO2. The van der Waals surface area contributed by atoms with Gasteiger partial charge in [-0.15, -0.1) is 0 Å². The van der Waals surface area contributed by atoms with E-state index >= 15 is 0 Å². The van der Waals surface area contributed by atoms with Gasteiger partial charge in [-0.25, -0.2) is 0 Å². The molecule has 3 heteroatoms. The number of carboxylic acid groups (broad SMARTS) is 1. The second kappa shape index (κ2) is 6.06. The molecule has 0 aliphatic rings. The van der Waals surface area contributed by atoms with E-state index in [2.05, 4.69) is 17.4 Å². The summed E-state index contributed by atoms with van der Waals surface area (Å²) in [5, 5.41) is 11.6. The van der Waals surface area contributed by atoms with Crippen molar-refractivity contribution >= 4 is 11.7 Å². The zero-order valence-corrected chi connectivity index (χ0v) is 8.99. The van der Waals surface area contributed by atoms with Crippen LogP contribution in [0.15, 0.2) is 24.3 Å². The number of hydrogen-bond acceptors (Lipinski definition) is 2. The third-order valence-electron chi connectivity index (χ3n) is 2.32. The zero-order valence-electron chi connectivity index (χ0n) is 8.99. The predicted octanol–water partition coefficient (Wildman–Crippen LogP) is 2.53. The number of hydrogen-bond donors (Lipinski definition) is 2. The zero-order chi connectivity index (χ0) is 11.1. The lowest BCUT2D eigenvalue weighted by Gasteiger charge is -2.04. The van der Waals surface area contributed by atoms with E-state index in [4.69, 9.17) is 5.11 Å². The normalized spacial score (nSPS) is 9.93. The molecule has 15 heavy (non-hydrogen) atoms. The van der Waals surface area contributed by atoms with Crippen LogP contribution in [0.25, 0.3) is 0 Å². The Hall–Kier alpha value is -1.51. The smallest absolute Gasteiger partial charge is 0.303 e. The molecule has 0 radical (unpaired) electrons. The van der Waals surface area contributed by atoms with Crippen molar-refractivity contribution in [1.29, 1.82) is 0 Å². The van der Waals surface area contributed by atoms with Crippen LogP contribution in [0.1, 0.15) is 24.8 Å². The molecule has 0 unspecified atom stereocenters. The van der Waals surface area contributed by atoms with Crippen LogP contribution in [-0.2, 0) is 11.2 Å². The Morgan fingerprint density at radius 3 is 2.87 bits per heavy atom. The molecule has 0 spiro atoms. The Morgan fingerprint density at radius 1 is 1.40 bits per heavy atom. The third kappa shape index (κ3) is 4.49. The van der Waals surface area contributed by atoms with Crippen molar-refractivity contribution in [3.63, 3.8) is 0 Å². The van der Waals surface area contributed by atoms with Gasteiger partial charge in [0.2, 0.25) is 0 Å². The molecule has 0 aliphatic carbocycles. The predicted molar refractivity (Wildman–Crippen MR) is 61.2 cm³/mol. The molecule has 82 valence electrons. The highest BCUT2D eigenvalue weighted by atomic mass is 16.4. The molecule has 1 aromatic carbocycles. The lowest BCUT2D eigenvalue weighted by molar-refractivity contribution is -0.137. The lowest BCUT2D eigenvalue weighted by Crippen LogP contribution is -1.95. The van der Waals surface area contributed by atoms with Gasteiger partial charge in [0.05, 0.1) is 0 Å². The summed E-state index contributed by atoms with van der Waals surface area (Å²) in [6, 6.07) is 8.20. The van der Waals surface area contributed by atoms with Gasteiger partial charge < -0.3 is 10.4 Å². The van der Waals surface area contributed by atoms with Crippen LogP contribution in [0.3, 0.4) is 0 Å². The highest BCUT2D eigenvalue weighted by Gasteiger charge is 1.98. The molecular weight excluding hydrogens is 190 g/mol. The van der Waals surface area contributed by atoms with Crippen molar-refractivity contribution in [3.8, 4) is 0 Å². The topological polar surface area (TPSA) is 49.3 Å². The number of aliphatic carboxylic acids is 1. The van der Waals surface area contributed by atoms with E-state index in [1.54, 1.807) is 0 Å². The lowest BCUT2D eigenvalue weighted by atomic mass is 10.1. The van der Waals surface area contributed by atoms with E-state index in [9.17, 15) is 4.79 Å². The van der Waals surface area contributed by atoms with Crippen LogP contribution >= 0.6 is 0 Å². The van der Waals surface area contributed by atoms with Crippen LogP contribution in [0.4, 0.5) is 5.69 Å². The van der Waals surface area contributed by atoms with Gasteiger partial charge in [-0.2, -0.15) is 0 Å². The number of aryl methyl sites for hydroxylation is 1. The van der Waals surface area contributed by atoms with Crippen LogP contribution in [0.2, 0.25) is 0 Å². The van der Waals surface area contributed by atoms with E-state index in [-0.39, 0.29) is 6.42 Å². The molecule has 0 atom stereocenters. The average molecular weight is 207 g/mol. The molecule has 0 saturated carbocycles. The molecule has 0 bridgehead atoms. The number of nitrogens with one attached hydrogen (secondary N) is 1. The van der Waals surface area contributed by atoms with Gasteiger partial charge in [-0.1, -0.05) is 12.1 Å². The maximum atomic E-state index is 10.3. The van der Waals surface area contributed by atoms with Gasteiger partial charge in [0.1, 0.15) is 0 Å². The minimum absolute atomic E-state index is 0.270. The van der Waals surface area contributed by atoms with Crippen molar-refractivity contribution in [2.45, 2.75) is 25.7 Å². The molecule has 2 N–H and O–H groups in total. The fourth-order valence-electron chi connectivity index (χ4n) is 1.49. The monoisotopic (exact) mass is 207 g/mol. The molecule has 0 heterocycles. The number of carboxylic acids is 1. The van der Waals surface area contributed by atoms with Gasteiger partial charge in [0.15, 0.2) is 0 Å². The van der Waals surface area contributed by atoms with Crippen LogP contribution in [0, 0.1) is 0 Å². The average Bonchev–Trinajstić information content (AvgIpc) is 2.24. The van der Waals surface area contributed by atoms with Crippen molar-refractivity contribution < 1.29 is 9.90 Å². The van der Waals surface area contributed by atoms with E-state index < -0.39 is 5.97 Å². The van der Waals surface area contributed by atoms with E-state index in [0.717, 1.165) is 24.9 Å². The standard InChI is InChI=1S/C12H17NO2/c1-13-11-7-4-6-10(9-11)5-2-3-8-12(14)15/h4,6-7,9,13H,2-3,5,8H2,1H3,(H,14,15). The summed E-state index contributed by atoms with van der Waals surface area (Å²) in [4.78, 5) is 10.3. The molecule has 1 rings (SSSR count). The molecule has 0 saturated heterocycles. The number of anilines is 1. The Morgan fingerprint density at radius 2 is 2.20 bits per heavy atom. The Kier molecular flexibility index (Phi) is 4.68. The fraction of sp³-hybridized carbons (Fsp3) is 0.417. The minimum Gasteiger partial charge on any atom is -0.481 e. The minimum atomic E-state index is -0.709. The number of benzene rings is 1. The van der Waals surface area contributed by atoms with Crippen molar-refractivity contribution in [3.05, 3.63) is 29.8 Å². The second-order valence-corrected chi connectivity index (χ2v) is 3.55. The van der Waals surface area contributed by atoms with Crippen LogP contribution in [-0.4, -0.2) is 18.1 Å². The maximum absolute atomic E-state index is 10.3. The number of unbranched alkanes of at least 4 members (excludes halogenated alkanes) is 1. The first kappa shape index (κ1) is 11.6. The van der Waals surface area contributed by atoms with E-state index in [1.165, 1.54) is 5.56 Å². The van der Waals surface area contributed by atoms with Gasteiger partial charge in [-0.05, 0) is 37.0 Å². The van der Waals surface area contributed by atoms with Crippen LogP contribution in [0.5, 0.6) is 0 Å². The van der Waals surface area contributed by atoms with E-state index in [1.807, 2.05) is 19.2 Å². The Bertz CT molecular complexity index is 323. The van der Waals surface area contributed by atoms with Crippen molar-refractivity contribution in [2.24, 2.45) is 0 Å². The van der Waals surface area contributed by atoms with Gasteiger partial charge in [0.25, 0.3) is 0 Å². The molecule has 3 nitrogen and oxygen atoms in total. The number of rotatable bonds is 6. The summed E-state index contributed by atoms with van der Waals surface area (Å²) in [7, 11) is 1.89. The molecule has 0 aliphatic heterocycles. The first-order chi connectivity index (χ1) is 7.22. The van der Waals surface area contributed by atoms with Gasteiger partial charge >= 0.3 is 5.97 Å². The van der Waals surface area contributed by atoms with E-state index in [0.29, 0.717) is 0 Å². The summed E-state index contributed by atoms with van der Waals surface area (Å²) >= 11 is 0. The van der Waals surface area contributed by atoms with Crippen molar-refractivity contribution in [2.75, 3.05) is 12.4 Å². The first-order valence-corrected chi connectivity index (χ1v) is 5.21. The first-order valence-electron chi connectivity index (χ1n) is 5.21. The molecule has 0 fully saturated rings. The summed E-state index contributed by atoms with van der Waals surface area (Å²) in [6.45, 7) is 0. The number of carbonyl (C=O) groups is 1. The Labute approximate surface area is 90.1 Å². The van der Waals surface area contributed by atoms with Crippen molar-refractivity contribution in [1.82, 2.24) is 0 Å². The summed E-state index contributed by atoms with van der Waals surface area (Å²) < 4.78 is 0. The quantitative estimate of drug-likeness (QED) is 0.705. The van der Waals surface area contributed by atoms with Crippen LogP contribution < -0.4 is 5.32 Å². The SMILES string of the molecule is CNc1cccc(CCCCC(=O)O)c1.